The van der Waals surface area contributed by atoms with Gasteiger partial charge < -0.3 is 4.57 Å². The minimum Gasteiger partial charge on any atom is -0.330 e. The van der Waals surface area contributed by atoms with E-state index in [9.17, 15) is 20.2 Å². The molecule has 0 bridgehead atoms. The first kappa shape index (κ1) is 16.6. The van der Waals surface area contributed by atoms with Crippen LogP contribution in [-0.4, -0.2) is 20.3 Å². The van der Waals surface area contributed by atoms with E-state index in [1.807, 2.05) is 18.2 Å². The Morgan fingerprint density at radius 1 is 1.36 bits per heavy atom. The Morgan fingerprint density at radius 3 is 2.72 bits per heavy atom. The molecule has 3 aromatic rings. The fourth-order valence-corrected chi connectivity index (χ4v) is 2.84. The summed E-state index contributed by atoms with van der Waals surface area (Å²) in [7, 11) is 1.71. The van der Waals surface area contributed by atoms with Gasteiger partial charge in [-0.2, -0.15) is 5.26 Å². The van der Waals surface area contributed by atoms with Crippen LogP contribution in [0.25, 0.3) is 11.0 Å². The predicted molar refractivity (Wildman–Crippen MR) is 91.5 cm³/mol. The SMILES string of the molecule is Cn1c(C(C#N)C(=O)c2cc([N+](=O)[O-])ccc2Cl)nc2ccccc21. The van der Waals surface area contributed by atoms with E-state index in [1.165, 1.54) is 12.1 Å². The van der Waals surface area contributed by atoms with E-state index in [0.717, 1.165) is 11.6 Å². The fraction of sp³-hybridized carbons (Fsp3) is 0.118. The van der Waals surface area contributed by atoms with Crippen molar-refractivity contribution in [3.8, 4) is 6.07 Å². The summed E-state index contributed by atoms with van der Waals surface area (Å²) >= 11 is 6.02. The van der Waals surface area contributed by atoms with Crippen molar-refractivity contribution in [2.75, 3.05) is 0 Å². The molecule has 0 radical (unpaired) electrons. The van der Waals surface area contributed by atoms with Gasteiger partial charge in [-0.1, -0.05) is 23.7 Å². The van der Waals surface area contributed by atoms with Crippen LogP contribution in [0.2, 0.25) is 5.02 Å². The number of nitriles is 1. The Hall–Kier alpha value is -3.24. The van der Waals surface area contributed by atoms with Crippen LogP contribution in [-0.2, 0) is 7.05 Å². The van der Waals surface area contributed by atoms with Crippen LogP contribution < -0.4 is 0 Å². The number of nitrogens with zero attached hydrogens (tertiary/aromatic N) is 4. The third-order valence-corrected chi connectivity index (χ3v) is 4.23. The maximum absolute atomic E-state index is 12.8. The summed E-state index contributed by atoms with van der Waals surface area (Å²) in [6.45, 7) is 0. The molecule has 0 aliphatic carbocycles. The number of imidazole rings is 1. The van der Waals surface area contributed by atoms with Gasteiger partial charge in [0.05, 0.1) is 27.0 Å². The molecule has 0 fully saturated rings. The molecule has 0 aliphatic heterocycles. The number of aromatic nitrogens is 2. The number of nitro benzene ring substituents is 1. The van der Waals surface area contributed by atoms with Crippen molar-refractivity contribution in [3.63, 3.8) is 0 Å². The molecule has 0 saturated carbocycles. The molecule has 7 nitrogen and oxygen atoms in total. The van der Waals surface area contributed by atoms with Crippen LogP contribution in [0.1, 0.15) is 22.1 Å². The third kappa shape index (κ3) is 2.84. The second kappa shape index (κ2) is 6.34. The Balaban J connectivity index is 2.11. The number of ketones is 1. The van der Waals surface area contributed by atoms with E-state index in [0.29, 0.717) is 5.52 Å². The number of Topliss-reactive ketones (excluding diaryl/α,β-unsaturated/α-hetero) is 1. The van der Waals surface area contributed by atoms with Gasteiger partial charge in [0.1, 0.15) is 5.82 Å². The number of fused-ring (bicyclic) bond motifs is 1. The second-order valence-electron chi connectivity index (χ2n) is 5.37. The van der Waals surface area contributed by atoms with Crippen molar-refractivity contribution in [2.24, 2.45) is 7.05 Å². The maximum Gasteiger partial charge on any atom is 0.270 e. The summed E-state index contributed by atoms with van der Waals surface area (Å²) < 4.78 is 1.66. The monoisotopic (exact) mass is 354 g/mol. The van der Waals surface area contributed by atoms with E-state index >= 15 is 0 Å². The van der Waals surface area contributed by atoms with E-state index in [1.54, 1.807) is 23.7 Å². The van der Waals surface area contributed by atoms with E-state index in [-0.39, 0.29) is 22.1 Å². The molecule has 1 heterocycles. The Morgan fingerprint density at radius 2 is 2.08 bits per heavy atom. The van der Waals surface area contributed by atoms with Gasteiger partial charge in [0.25, 0.3) is 5.69 Å². The molecule has 0 amide bonds. The van der Waals surface area contributed by atoms with Gasteiger partial charge in [-0.3, -0.25) is 14.9 Å². The quantitative estimate of drug-likeness (QED) is 0.404. The summed E-state index contributed by atoms with van der Waals surface area (Å²) in [5, 5.41) is 20.5. The fourth-order valence-electron chi connectivity index (χ4n) is 2.63. The molecule has 0 N–H and O–H groups in total. The molecule has 124 valence electrons. The van der Waals surface area contributed by atoms with Crippen LogP contribution in [0.5, 0.6) is 0 Å². The average molecular weight is 355 g/mol. The van der Waals surface area contributed by atoms with Crippen molar-refractivity contribution < 1.29 is 9.72 Å². The Kier molecular flexibility index (Phi) is 4.21. The summed E-state index contributed by atoms with van der Waals surface area (Å²) in [5.74, 6) is -1.59. The topological polar surface area (TPSA) is 102 Å². The molecule has 1 atom stereocenters. The highest BCUT2D eigenvalue weighted by Crippen LogP contribution is 2.29. The summed E-state index contributed by atoms with van der Waals surface area (Å²) in [6.07, 6.45) is 0. The van der Waals surface area contributed by atoms with E-state index in [4.69, 9.17) is 11.6 Å². The standard InChI is InChI=1S/C17H11ClN4O3/c1-21-15-5-3-2-4-14(15)20-17(21)12(9-19)16(23)11-8-10(22(24)25)6-7-13(11)18/h2-8,12H,1H3. The zero-order valence-electron chi connectivity index (χ0n) is 13.0. The van der Waals surface area contributed by atoms with Gasteiger partial charge in [0, 0.05) is 24.7 Å². The smallest absolute Gasteiger partial charge is 0.270 e. The lowest BCUT2D eigenvalue weighted by Crippen LogP contribution is -2.16. The first-order valence-electron chi connectivity index (χ1n) is 7.23. The number of aryl methyl sites for hydroxylation is 1. The number of halogens is 1. The lowest BCUT2D eigenvalue weighted by Gasteiger charge is -2.10. The van der Waals surface area contributed by atoms with Gasteiger partial charge in [-0.25, -0.2) is 4.98 Å². The molecule has 2 aromatic carbocycles. The molecular formula is C17H11ClN4O3. The molecule has 0 spiro atoms. The molecule has 0 aliphatic rings. The number of benzene rings is 2. The zero-order valence-corrected chi connectivity index (χ0v) is 13.8. The molecular weight excluding hydrogens is 344 g/mol. The summed E-state index contributed by atoms with van der Waals surface area (Å²) in [6, 6.07) is 12.7. The largest absolute Gasteiger partial charge is 0.330 e. The number of para-hydroxylation sites is 2. The number of hydrogen-bond acceptors (Lipinski definition) is 5. The minimum atomic E-state index is -1.23. The third-order valence-electron chi connectivity index (χ3n) is 3.90. The second-order valence-corrected chi connectivity index (χ2v) is 5.77. The van der Waals surface area contributed by atoms with Gasteiger partial charge in [0.2, 0.25) is 0 Å². The maximum atomic E-state index is 12.8. The Labute approximate surface area is 147 Å². The van der Waals surface area contributed by atoms with E-state index < -0.39 is 16.6 Å². The summed E-state index contributed by atoms with van der Waals surface area (Å²) in [5.41, 5.74) is 1.08. The van der Waals surface area contributed by atoms with Crippen molar-refractivity contribution in [2.45, 2.75) is 5.92 Å². The van der Waals surface area contributed by atoms with Crippen LogP contribution in [0.4, 0.5) is 5.69 Å². The van der Waals surface area contributed by atoms with Crippen molar-refractivity contribution in [1.82, 2.24) is 9.55 Å². The van der Waals surface area contributed by atoms with Gasteiger partial charge in [-0.15, -0.1) is 0 Å². The van der Waals surface area contributed by atoms with Crippen molar-refractivity contribution in [1.29, 1.82) is 5.26 Å². The molecule has 3 rings (SSSR count). The number of hydrogen-bond donors (Lipinski definition) is 0. The first-order chi connectivity index (χ1) is 11.9. The van der Waals surface area contributed by atoms with Crippen molar-refractivity contribution >= 4 is 34.1 Å². The number of carbonyl (C=O) groups excluding carboxylic acids is 1. The Bertz CT molecular complexity index is 1050. The van der Waals surface area contributed by atoms with E-state index in [2.05, 4.69) is 4.98 Å². The zero-order chi connectivity index (χ0) is 18.1. The molecule has 25 heavy (non-hydrogen) atoms. The molecule has 1 unspecified atom stereocenters. The number of rotatable bonds is 4. The van der Waals surface area contributed by atoms with Crippen LogP contribution in [0, 0.1) is 21.4 Å². The van der Waals surface area contributed by atoms with Crippen LogP contribution >= 0.6 is 11.6 Å². The van der Waals surface area contributed by atoms with Gasteiger partial charge in [-0.05, 0) is 18.2 Å². The highest BCUT2D eigenvalue weighted by Gasteiger charge is 2.29. The molecule has 0 saturated heterocycles. The lowest BCUT2D eigenvalue weighted by atomic mass is 9.97. The molecule has 1 aromatic heterocycles. The van der Waals surface area contributed by atoms with Crippen molar-refractivity contribution in [3.05, 3.63) is 69.0 Å². The number of carbonyl (C=O) groups is 1. The number of non-ortho nitro benzene ring substituents is 1. The molecule has 8 heteroatoms. The lowest BCUT2D eigenvalue weighted by molar-refractivity contribution is -0.384. The van der Waals surface area contributed by atoms with Crippen LogP contribution in [0.3, 0.4) is 0 Å². The average Bonchev–Trinajstić information content (AvgIpc) is 2.93. The van der Waals surface area contributed by atoms with Crippen LogP contribution in [0.15, 0.2) is 42.5 Å². The van der Waals surface area contributed by atoms with Gasteiger partial charge >= 0.3 is 0 Å². The number of nitro groups is 1. The highest BCUT2D eigenvalue weighted by atomic mass is 35.5. The minimum absolute atomic E-state index is 0.0506. The normalized spacial score (nSPS) is 11.9. The summed E-state index contributed by atoms with van der Waals surface area (Å²) in [4.78, 5) is 27.5. The first-order valence-corrected chi connectivity index (χ1v) is 7.61. The highest BCUT2D eigenvalue weighted by molar-refractivity contribution is 6.34. The predicted octanol–water partition coefficient (Wildman–Crippen LogP) is 3.62. The van der Waals surface area contributed by atoms with Gasteiger partial charge in [0.15, 0.2) is 11.7 Å².